The number of carbonyl (C=O) groups excluding carboxylic acids is 2. The third-order valence-electron chi connectivity index (χ3n) is 3.61. The molecule has 1 N–H and O–H groups in total. The number of hydrogen-bond acceptors (Lipinski definition) is 3. The molecule has 1 aromatic carbocycles. The average molecular weight is 325 g/mol. The Morgan fingerprint density at radius 2 is 2.27 bits per heavy atom. The molecule has 0 spiro atoms. The van der Waals surface area contributed by atoms with Gasteiger partial charge in [0.25, 0.3) is 5.91 Å². The maximum Gasteiger partial charge on any atom is 0.254 e. The highest BCUT2D eigenvalue weighted by Gasteiger charge is 2.25. The van der Waals surface area contributed by atoms with Crippen LogP contribution in [0.15, 0.2) is 18.2 Å². The molecule has 0 aliphatic carbocycles. The molecule has 0 bridgehead atoms. The molecular formula is C16H21ClN2O3. The molecule has 120 valence electrons. The third-order valence-corrected chi connectivity index (χ3v) is 3.90. The molecule has 1 aliphatic rings. The maximum atomic E-state index is 12.6. The maximum absolute atomic E-state index is 12.6. The lowest BCUT2D eigenvalue weighted by Crippen LogP contribution is -2.41. The fourth-order valence-electron chi connectivity index (χ4n) is 2.33. The summed E-state index contributed by atoms with van der Waals surface area (Å²) in [6.07, 6.45) is 1.21. The van der Waals surface area contributed by atoms with Gasteiger partial charge in [0.05, 0.1) is 11.6 Å². The molecule has 5 nitrogen and oxygen atoms in total. The van der Waals surface area contributed by atoms with Crippen LogP contribution in [-0.4, -0.2) is 42.5 Å². The van der Waals surface area contributed by atoms with Crippen LogP contribution in [0.3, 0.4) is 0 Å². The molecule has 6 heteroatoms. The van der Waals surface area contributed by atoms with E-state index in [0.717, 1.165) is 6.42 Å². The van der Waals surface area contributed by atoms with Crippen molar-refractivity contribution in [2.75, 3.05) is 19.7 Å². The van der Waals surface area contributed by atoms with Gasteiger partial charge in [-0.1, -0.05) is 18.5 Å². The number of nitrogens with one attached hydrogen (secondary N) is 1. The van der Waals surface area contributed by atoms with Crippen LogP contribution in [-0.2, 0) is 4.79 Å². The van der Waals surface area contributed by atoms with Crippen LogP contribution >= 0.6 is 11.6 Å². The van der Waals surface area contributed by atoms with E-state index in [4.69, 9.17) is 16.3 Å². The predicted molar refractivity (Wildman–Crippen MR) is 85.4 cm³/mol. The Kier molecular flexibility index (Phi) is 5.66. The lowest BCUT2D eigenvalue weighted by molar-refractivity contribution is -0.120. The normalized spacial score (nSPS) is 18.6. The van der Waals surface area contributed by atoms with Gasteiger partial charge in [0, 0.05) is 31.1 Å². The van der Waals surface area contributed by atoms with E-state index in [1.165, 1.54) is 0 Å². The van der Waals surface area contributed by atoms with E-state index in [0.29, 0.717) is 42.5 Å². The Hall–Kier alpha value is -1.75. The van der Waals surface area contributed by atoms with E-state index < -0.39 is 0 Å². The molecule has 0 aromatic heterocycles. The second kappa shape index (κ2) is 7.49. The standard InChI is InChI=1S/C16H21ClN2O3/c1-3-8-22-14-5-4-12(9-13(14)17)16(21)19-7-6-15(20)18-10-11(19)2/h4-5,9,11H,3,6-8,10H2,1-2H3,(H,18,20)/t11-/m0/s1. The molecule has 1 heterocycles. The highest BCUT2D eigenvalue weighted by molar-refractivity contribution is 6.32. The second-order valence-corrected chi connectivity index (χ2v) is 5.80. The number of halogens is 1. The van der Waals surface area contributed by atoms with E-state index >= 15 is 0 Å². The van der Waals surface area contributed by atoms with Gasteiger partial charge in [-0.25, -0.2) is 0 Å². The summed E-state index contributed by atoms with van der Waals surface area (Å²) >= 11 is 6.18. The van der Waals surface area contributed by atoms with Gasteiger partial charge in [0.15, 0.2) is 0 Å². The molecule has 0 radical (unpaired) electrons. The first kappa shape index (κ1) is 16.6. The first-order valence-corrected chi connectivity index (χ1v) is 7.90. The summed E-state index contributed by atoms with van der Waals surface area (Å²) in [4.78, 5) is 25.8. The molecule has 0 saturated carbocycles. The fraction of sp³-hybridized carbons (Fsp3) is 0.500. The van der Waals surface area contributed by atoms with E-state index in [1.807, 2.05) is 13.8 Å². The Morgan fingerprint density at radius 3 is 2.95 bits per heavy atom. The van der Waals surface area contributed by atoms with Crippen LogP contribution in [0.1, 0.15) is 37.0 Å². The SMILES string of the molecule is CCCOc1ccc(C(=O)N2CCC(=O)NC[C@@H]2C)cc1Cl. The first-order valence-electron chi connectivity index (χ1n) is 7.53. The van der Waals surface area contributed by atoms with Crippen molar-refractivity contribution in [2.45, 2.75) is 32.7 Å². The molecule has 0 unspecified atom stereocenters. The van der Waals surface area contributed by atoms with Crippen molar-refractivity contribution in [3.8, 4) is 5.75 Å². The van der Waals surface area contributed by atoms with Crippen molar-refractivity contribution in [1.29, 1.82) is 0 Å². The monoisotopic (exact) mass is 324 g/mol. The van der Waals surface area contributed by atoms with Gasteiger partial charge in [-0.15, -0.1) is 0 Å². The van der Waals surface area contributed by atoms with Crippen molar-refractivity contribution in [3.63, 3.8) is 0 Å². The van der Waals surface area contributed by atoms with Gasteiger partial charge in [-0.05, 0) is 31.5 Å². The van der Waals surface area contributed by atoms with E-state index in [2.05, 4.69) is 5.32 Å². The molecular weight excluding hydrogens is 304 g/mol. The van der Waals surface area contributed by atoms with Gasteiger partial charge in [-0.2, -0.15) is 0 Å². The predicted octanol–water partition coefficient (Wildman–Crippen LogP) is 2.48. The highest BCUT2D eigenvalue weighted by Crippen LogP contribution is 2.26. The molecule has 22 heavy (non-hydrogen) atoms. The number of ether oxygens (including phenoxy) is 1. The van der Waals surface area contributed by atoms with Crippen molar-refractivity contribution in [2.24, 2.45) is 0 Å². The van der Waals surface area contributed by atoms with Crippen molar-refractivity contribution >= 4 is 23.4 Å². The van der Waals surface area contributed by atoms with E-state index in [1.54, 1.807) is 23.1 Å². The molecule has 2 amide bonds. The minimum Gasteiger partial charge on any atom is -0.492 e. The largest absolute Gasteiger partial charge is 0.492 e. The van der Waals surface area contributed by atoms with E-state index in [9.17, 15) is 9.59 Å². The number of rotatable bonds is 4. The lowest BCUT2D eigenvalue weighted by Gasteiger charge is -2.26. The van der Waals surface area contributed by atoms with Crippen LogP contribution in [0.2, 0.25) is 5.02 Å². The number of amides is 2. The summed E-state index contributed by atoms with van der Waals surface area (Å²) in [5, 5.41) is 3.22. The number of hydrogen-bond donors (Lipinski definition) is 1. The Labute approximate surface area is 135 Å². The zero-order valence-corrected chi connectivity index (χ0v) is 13.7. The summed E-state index contributed by atoms with van der Waals surface area (Å²) in [6.45, 7) is 5.41. The number of nitrogens with zero attached hydrogens (tertiary/aromatic N) is 1. The zero-order valence-electron chi connectivity index (χ0n) is 12.9. The smallest absolute Gasteiger partial charge is 0.254 e. The molecule has 1 atom stereocenters. The van der Waals surface area contributed by atoms with Gasteiger partial charge < -0.3 is 15.0 Å². The molecule has 1 aromatic rings. The summed E-state index contributed by atoms with van der Waals surface area (Å²) in [7, 11) is 0. The van der Waals surface area contributed by atoms with Gasteiger partial charge in [0.1, 0.15) is 5.75 Å². The quantitative estimate of drug-likeness (QED) is 0.925. The third kappa shape index (κ3) is 3.91. The summed E-state index contributed by atoms with van der Waals surface area (Å²) in [5.41, 5.74) is 0.509. The minimum absolute atomic E-state index is 0.0245. The van der Waals surface area contributed by atoms with Gasteiger partial charge >= 0.3 is 0 Å². The summed E-state index contributed by atoms with van der Waals surface area (Å²) in [5.74, 6) is 0.442. The second-order valence-electron chi connectivity index (χ2n) is 5.40. The van der Waals surface area contributed by atoms with Gasteiger partial charge in [0.2, 0.25) is 5.91 Å². The zero-order chi connectivity index (χ0) is 16.1. The van der Waals surface area contributed by atoms with E-state index in [-0.39, 0.29) is 17.9 Å². The van der Waals surface area contributed by atoms with Crippen LogP contribution in [0, 0.1) is 0 Å². The first-order chi connectivity index (χ1) is 10.5. The van der Waals surface area contributed by atoms with Crippen molar-refractivity contribution in [3.05, 3.63) is 28.8 Å². The molecule has 1 aliphatic heterocycles. The number of benzene rings is 1. The van der Waals surface area contributed by atoms with Crippen molar-refractivity contribution in [1.82, 2.24) is 10.2 Å². The summed E-state index contributed by atoms with van der Waals surface area (Å²) < 4.78 is 5.51. The van der Waals surface area contributed by atoms with Crippen LogP contribution < -0.4 is 10.1 Å². The van der Waals surface area contributed by atoms with Crippen LogP contribution in [0.25, 0.3) is 0 Å². The molecule has 2 rings (SSSR count). The average Bonchev–Trinajstić information content (AvgIpc) is 2.67. The molecule has 1 fully saturated rings. The number of carbonyl (C=O) groups is 2. The summed E-state index contributed by atoms with van der Waals surface area (Å²) in [6, 6.07) is 5.01. The minimum atomic E-state index is -0.118. The lowest BCUT2D eigenvalue weighted by atomic mass is 10.1. The molecule has 1 saturated heterocycles. The van der Waals surface area contributed by atoms with Crippen molar-refractivity contribution < 1.29 is 14.3 Å². The van der Waals surface area contributed by atoms with Crippen LogP contribution in [0.5, 0.6) is 5.75 Å². The topological polar surface area (TPSA) is 58.6 Å². The Morgan fingerprint density at radius 1 is 1.50 bits per heavy atom. The fourth-order valence-corrected chi connectivity index (χ4v) is 2.57. The van der Waals surface area contributed by atoms with Crippen LogP contribution in [0.4, 0.5) is 0 Å². The Bertz CT molecular complexity index is 562. The Balaban J connectivity index is 2.14. The van der Waals surface area contributed by atoms with Gasteiger partial charge in [-0.3, -0.25) is 9.59 Å². The highest BCUT2D eigenvalue weighted by atomic mass is 35.5.